The molecule has 1 N–H and O–H groups in total. The molecule has 0 fully saturated rings. The van der Waals surface area contributed by atoms with Crippen LogP contribution in [-0.4, -0.2) is 29.3 Å². The molecule has 0 saturated carbocycles. The van der Waals surface area contributed by atoms with E-state index >= 15 is 0 Å². The highest BCUT2D eigenvalue weighted by atomic mass is 35.5. The van der Waals surface area contributed by atoms with E-state index in [-0.39, 0.29) is 18.4 Å². The molecular weight excluding hydrogens is 515 g/mol. The molecule has 3 aromatic carbocycles. The third-order valence-corrected chi connectivity index (χ3v) is 7.45. The molecule has 0 bridgehead atoms. The van der Waals surface area contributed by atoms with Crippen LogP contribution in [-0.2, 0) is 29.0 Å². The number of carbonyl (C=O) groups is 2. The van der Waals surface area contributed by atoms with E-state index in [0.29, 0.717) is 41.8 Å². The second kappa shape index (κ2) is 14.9. The van der Waals surface area contributed by atoms with Gasteiger partial charge in [0.25, 0.3) is 0 Å². The summed E-state index contributed by atoms with van der Waals surface area (Å²) in [5.41, 5.74) is 4.20. The Hall–Kier alpha value is -2.82. The van der Waals surface area contributed by atoms with E-state index in [9.17, 15) is 9.59 Å². The van der Waals surface area contributed by atoms with Crippen molar-refractivity contribution in [3.8, 4) is 0 Å². The quantitative estimate of drug-likeness (QED) is 0.222. The lowest BCUT2D eigenvalue weighted by Gasteiger charge is -2.32. The highest BCUT2D eigenvalue weighted by Crippen LogP contribution is 2.25. The molecule has 0 saturated heterocycles. The molecule has 0 spiro atoms. The summed E-state index contributed by atoms with van der Waals surface area (Å²) >= 11 is 12.4. The number of benzene rings is 3. The molecule has 0 aliphatic carbocycles. The number of aryl methyl sites for hydroxylation is 1. The first-order chi connectivity index (χ1) is 18.3. The first kappa shape index (κ1) is 29.7. The molecule has 3 rings (SSSR count). The molecule has 0 radical (unpaired) electrons. The van der Waals surface area contributed by atoms with Gasteiger partial charge in [0.2, 0.25) is 11.8 Å². The van der Waals surface area contributed by atoms with Gasteiger partial charge < -0.3 is 10.2 Å². The van der Waals surface area contributed by atoms with Gasteiger partial charge in [-0.1, -0.05) is 111 Å². The minimum absolute atomic E-state index is 0.0735. The van der Waals surface area contributed by atoms with E-state index < -0.39 is 6.04 Å². The van der Waals surface area contributed by atoms with Crippen molar-refractivity contribution in [2.75, 3.05) is 6.54 Å². The Morgan fingerprint density at radius 3 is 2.18 bits per heavy atom. The Morgan fingerprint density at radius 1 is 0.868 bits per heavy atom. The van der Waals surface area contributed by atoms with Crippen LogP contribution < -0.4 is 5.32 Å². The van der Waals surface area contributed by atoms with Crippen LogP contribution in [0.4, 0.5) is 0 Å². The molecule has 6 heteroatoms. The maximum absolute atomic E-state index is 13.8. The van der Waals surface area contributed by atoms with Gasteiger partial charge in [0, 0.05) is 25.9 Å². The Bertz CT molecular complexity index is 1180. The van der Waals surface area contributed by atoms with Gasteiger partial charge in [-0.3, -0.25) is 9.59 Å². The average molecular weight is 554 g/mol. The number of nitrogens with one attached hydrogen (secondary N) is 1. The van der Waals surface area contributed by atoms with Gasteiger partial charge in [0.05, 0.1) is 10.0 Å². The Kier molecular flexibility index (Phi) is 11.7. The standard InChI is InChI=1S/C32H38Cl2N2O2/c1-4-5-19-35-32(38)30(21-25-9-7-6-8-10-25)36(22-26-13-17-28(33)29(34)20-26)31(37)18-14-24-11-15-27(16-12-24)23(2)3/h6-13,15-17,20,23,30H,4-5,14,18-19,21-22H2,1-3H3,(H,35,38)/t30-/m1/s1. The molecule has 0 aromatic heterocycles. The fraction of sp³-hybridized carbons (Fsp3) is 0.375. The third kappa shape index (κ3) is 8.89. The van der Waals surface area contributed by atoms with E-state index in [2.05, 4.69) is 50.4 Å². The number of unbranched alkanes of at least 4 members (excludes halogenated alkanes) is 1. The predicted molar refractivity (Wildman–Crippen MR) is 158 cm³/mol. The van der Waals surface area contributed by atoms with Gasteiger partial charge >= 0.3 is 0 Å². The summed E-state index contributed by atoms with van der Waals surface area (Å²) in [6.45, 7) is 7.26. The van der Waals surface area contributed by atoms with Crippen LogP contribution in [0.2, 0.25) is 10.0 Å². The monoisotopic (exact) mass is 552 g/mol. The van der Waals surface area contributed by atoms with Crippen LogP contribution in [0, 0.1) is 0 Å². The highest BCUT2D eigenvalue weighted by molar-refractivity contribution is 6.42. The summed E-state index contributed by atoms with van der Waals surface area (Å²) in [6, 6.07) is 22.9. The molecule has 3 aromatic rings. The molecule has 1 atom stereocenters. The van der Waals surface area contributed by atoms with E-state index in [1.165, 1.54) is 5.56 Å². The van der Waals surface area contributed by atoms with Gasteiger partial charge in [0.15, 0.2) is 0 Å². The number of hydrogen-bond acceptors (Lipinski definition) is 2. The van der Waals surface area contributed by atoms with Crippen LogP contribution >= 0.6 is 23.2 Å². The second-order valence-electron chi connectivity index (χ2n) is 10.0. The molecule has 38 heavy (non-hydrogen) atoms. The molecule has 4 nitrogen and oxygen atoms in total. The summed E-state index contributed by atoms with van der Waals surface area (Å²) in [5, 5.41) is 3.94. The van der Waals surface area contributed by atoms with E-state index in [1.54, 1.807) is 17.0 Å². The predicted octanol–water partition coefficient (Wildman–Crippen LogP) is 7.61. The molecular formula is C32H38Cl2N2O2. The van der Waals surface area contributed by atoms with Gasteiger partial charge in [-0.05, 0) is 53.1 Å². The van der Waals surface area contributed by atoms with Gasteiger partial charge in [-0.25, -0.2) is 0 Å². The summed E-state index contributed by atoms with van der Waals surface area (Å²) in [6.07, 6.45) is 3.19. The molecule has 0 aliphatic heterocycles. The van der Waals surface area contributed by atoms with Crippen molar-refractivity contribution in [2.45, 2.75) is 71.4 Å². The van der Waals surface area contributed by atoms with Crippen LogP contribution in [0.3, 0.4) is 0 Å². The normalized spacial score (nSPS) is 11.8. The van der Waals surface area contributed by atoms with Gasteiger partial charge in [-0.2, -0.15) is 0 Å². The van der Waals surface area contributed by atoms with Gasteiger partial charge in [-0.15, -0.1) is 0 Å². The zero-order valence-electron chi connectivity index (χ0n) is 22.6. The largest absolute Gasteiger partial charge is 0.354 e. The lowest BCUT2D eigenvalue weighted by Crippen LogP contribution is -2.50. The fourth-order valence-electron chi connectivity index (χ4n) is 4.36. The van der Waals surface area contributed by atoms with Crippen molar-refractivity contribution in [2.24, 2.45) is 0 Å². The highest BCUT2D eigenvalue weighted by Gasteiger charge is 2.30. The maximum Gasteiger partial charge on any atom is 0.243 e. The number of hydrogen-bond donors (Lipinski definition) is 1. The second-order valence-corrected chi connectivity index (χ2v) is 10.8. The van der Waals surface area contributed by atoms with Crippen LogP contribution in [0.15, 0.2) is 72.8 Å². The summed E-state index contributed by atoms with van der Waals surface area (Å²) in [7, 11) is 0. The van der Waals surface area contributed by atoms with Crippen molar-refractivity contribution < 1.29 is 9.59 Å². The van der Waals surface area contributed by atoms with Crippen LogP contribution in [0.25, 0.3) is 0 Å². The average Bonchev–Trinajstić information content (AvgIpc) is 2.92. The first-order valence-electron chi connectivity index (χ1n) is 13.4. The van der Waals surface area contributed by atoms with E-state index in [0.717, 1.165) is 29.5 Å². The van der Waals surface area contributed by atoms with Crippen molar-refractivity contribution in [1.29, 1.82) is 0 Å². The number of carbonyl (C=O) groups excluding carboxylic acids is 2. The van der Waals surface area contributed by atoms with Crippen molar-refractivity contribution in [3.63, 3.8) is 0 Å². The SMILES string of the molecule is CCCCNC(=O)[C@@H](Cc1ccccc1)N(Cc1ccc(Cl)c(Cl)c1)C(=O)CCc1ccc(C(C)C)cc1. The Balaban J connectivity index is 1.88. The third-order valence-electron chi connectivity index (χ3n) is 6.71. The number of halogens is 2. The smallest absolute Gasteiger partial charge is 0.243 e. The molecule has 2 amide bonds. The molecule has 0 aliphatic rings. The molecule has 0 heterocycles. The number of amides is 2. The minimum Gasteiger partial charge on any atom is -0.354 e. The Morgan fingerprint density at radius 2 is 1.55 bits per heavy atom. The topological polar surface area (TPSA) is 49.4 Å². The fourth-order valence-corrected chi connectivity index (χ4v) is 4.68. The lowest BCUT2D eigenvalue weighted by atomic mass is 9.99. The van der Waals surface area contributed by atoms with Crippen LogP contribution in [0.1, 0.15) is 68.2 Å². The minimum atomic E-state index is -0.653. The number of nitrogens with zero attached hydrogens (tertiary/aromatic N) is 1. The maximum atomic E-state index is 13.8. The molecule has 0 unspecified atom stereocenters. The lowest BCUT2D eigenvalue weighted by molar-refractivity contribution is -0.141. The summed E-state index contributed by atoms with van der Waals surface area (Å²) in [5.74, 6) is 0.241. The zero-order chi connectivity index (χ0) is 27.5. The number of rotatable bonds is 13. The summed E-state index contributed by atoms with van der Waals surface area (Å²) < 4.78 is 0. The van der Waals surface area contributed by atoms with Gasteiger partial charge in [0.1, 0.15) is 6.04 Å². The van der Waals surface area contributed by atoms with Crippen molar-refractivity contribution >= 4 is 35.0 Å². The van der Waals surface area contributed by atoms with E-state index in [1.807, 2.05) is 36.4 Å². The van der Waals surface area contributed by atoms with Crippen LogP contribution in [0.5, 0.6) is 0 Å². The zero-order valence-corrected chi connectivity index (χ0v) is 24.1. The van der Waals surface area contributed by atoms with Crippen molar-refractivity contribution in [3.05, 3.63) is 105 Å². The first-order valence-corrected chi connectivity index (χ1v) is 14.2. The van der Waals surface area contributed by atoms with Crippen molar-refractivity contribution in [1.82, 2.24) is 10.2 Å². The van der Waals surface area contributed by atoms with E-state index in [4.69, 9.17) is 23.2 Å². The Labute approximate surface area is 237 Å². The molecule has 202 valence electrons. The summed E-state index contributed by atoms with van der Waals surface area (Å²) in [4.78, 5) is 29.0.